The van der Waals surface area contributed by atoms with E-state index in [1.165, 1.54) is 38.9 Å². The highest BCUT2D eigenvalue weighted by atomic mass is 15.1. The predicted octanol–water partition coefficient (Wildman–Crippen LogP) is 1.28. The molecule has 0 bridgehead atoms. The fourth-order valence-corrected chi connectivity index (χ4v) is 1.79. The summed E-state index contributed by atoms with van der Waals surface area (Å²) in [4.78, 5) is 4.73. The summed E-state index contributed by atoms with van der Waals surface area (Å²) >= 11 is 0. The fourth-order valence-electron chi connectivity index (χ4n) is 1.79. The summed E-state index contributed by atoms with van der Waals surface area (Å²) < 4.78 is 0. The Morgan fingerprint density at radius 3 is 2.33 bits per heavy atom. The van der Waals surface area contributed by atoms with E-state index < -0.39 is 0 Å². The first-order valence-electron chi connectivity index (χ1n) is 5.02. The second kappa shape index (κ2) is 4.83. The van der Waals surface area contributed by atoms with Crippen molar-refractivity contribution in [3.05, 3.63) is 0 Å². The predicted molar refractivity (Wildman–Crippen MR) is 53.4 cm³/mol. The third kappa shape index (κ3) is 3.55. The number of piperidine rings is 1. The lowest BCUT2D eigenvalue weighted by Crippen LogP contribution is -2.31. The lowest BCUT2D eigenvalue weighted by molar-refractivity contribution is 0.201. The zero-order valence-corrected chi connectivity index (χ0v) is 8.71. The van der Waals surface area contributed by atoms with Crippen molar-refractivity contribution in [1.82, 2.24) is 9.80 Å². The van der Waals surface area contributed by atoms with Gasteiger partial charge in [-0.3, -0.25) is 0 Å². The van der Waals surface area contributed by atoms with Crippen molar-refractivity contribution in [2.75, 3.05) is 40.8 Å². The molecule has 0 saturated carbocycles. The van der Waals surface area contributed by atoms with Crippen LogP contribution < -0.4 is 0 Å². The molecule has 1 fully saturated rings. The van der Waals surface area contributed by atoms with Crippen molar-refractivity contribution in [1.29, 1.82) is 0 Å². The molecule has 0 radical (unpaired) electrons. The van der Waals surface area contributed by atoms with Gasteiger partial charge in [-0.1, -0.05) is 0 Å². The molecule has 0 spiro atoms. The second-order valence-corrected chi connectivity index (χ2v) is 4.34. The molecule has 1 saturated heterocycles. The number of likely N-dealkylation sites (tertiary alicyclic amines) is 1. The fraction of sp³-hybridized carbons (Fsp3) is 1.00. The van der Waals surface area contributed by atoms with Gasteiger partial charge in [0.15, 0.2) is 0 Å². The van der Waals surface area contributed by atoms with Crippen LogP contribution in [0.5, 0.6) is 0 Å². The smallest absolute Gasteiger partial charge is 0.00191 e. The minimum absolute atomic E-state index is 0.989. The molecule has 1 heterocycles. The maximum absolute atomic E-state index is 2.44. The quantitative estimate of drug-likeness (QED) is 0.629. The van der Waals surface area contributed by atoms with Crippen LogP contribution in [0.1, 0.15) is 19.3 Å². The third-order valence-corrected chi connectivity index (χ3v) is 2.82. The maximum Gasteiger partial charge on any atom is -0.00191 e. The second-order valence-electron chi connectivity index (χ2n) is 4.34. The Bertz CT molecular complexity index is 115. The zero-order chi connectivity index (χ0) is 8.97. The topological polar surface area (TPSA) is 6.48 Å². The first kappa shape index (κ1) is 10.0. The lowest BCUT2D eigenvalue weighted by atomic mass is 9.94. The van der Waals surface area contributed by atoms with E-state index in [1.807, 2.05) is 0 Å². The van der Waals surface area contributed by atoms with Crippen LogP contribution in [0.2, 0.25) is 0 Å². The van der Waals surface area contributed by atoms with Gasteiger partial charge in [0.25, 0.3) is 0 Å². The molecule has 2 heteroatoms. The Morgan fingerprint density at radius 1 is 1.25 bits per heavy atom. The van der Waals surface area contributed by atoms with Crippen LogP contribution in [0.4, 0.5) is 0 Å². The van der Waals surface area contributed by atoms with Gasteiger partial charge in [0.1, 0.15) is 0 Å². The molecule has 2 nitrogen and oxygen atoms in total. The molecule has 0 N–H and O–H groups in total. The Labute approximate surface area is 76.5 Å². The molecule has 72 valence electrons. The molecule has 1 rings (SSSR count). The van der Waals surface area contributed by atoms with Gasteiger partial charge in [0.05, 0.1) is 0 Å². The van der Waals surface area contributed by atoms with Crippen molar-refractivity contribution in [3.63, 3.8) is 0 Å². The highest BCUT2D eigenvalue weighted by molar-refractivity contribution is 4.70. The number of hydrogen-bond donors (Lipinski definition) is 0. The first-order valence-corrected chi connectivity index (χ1v) is 5.02. The van der Waals surface area contributed by atoms with Gasteiger partial charge in [0, 0.05) is 0 Å². The SMILES string of the molecule is CN(C)CCC1CCN(C)CC1. The van der Waals surface area contributed by atoms with Crippen LogP contribution in [0.3, 0.4) is 0 Å². The molecule has 0 atom stereocenters. The standard InChI is InChI=1S/C10H22N2/c1-11(2)7-4-10-5-8-12(3)9-6-10/h10H,4-9H2,1-3H3. The van der Waals surface area contributed by atoms with E-state index in [2.05, 4.69) is 30.9 Å². The van der Waals surface area contributed by atoms with Gasteiger partial charge in [0.2, 0.25) is 0 Å². The van der Waals surface area contributed by atoms with E-state index in [-0.39, 0.29) is 0 Å². The van der Waals surface area contributed by atoms with Crippen LogP contribution in [0.15, 0.2) is 0 Å². The largest absolute Gasteiger partial charge is 0.309 e. The molecule has 0 aromatic rings. The van der Waals surface area contributed by atoms with Crippen LogP contribution in [-0.4, -0.2) is 50.6 Å². The van der Waals surface area contributed by atoms with Crippen molar-refractivity contribution in [2.45, 2.75) is 19.3 Å². The Morgan fingerprint density at radius 2 is 1.83 bits per heavy atom. The Balaban J connectivity index is 2.09. The van der Waals surface area contributed by atoms with Gasteiger partial charge in [-0.05, 0) is 66.0 Å². The number of nitrogens with zero attached hydrogens (tertiary/aromatic N) is 2. The van der Waals surface area contributed by atoms with Crippen molar-refractivity contribution in [2.24, 2.45) is 5.92 Å². The Hall–Kier alpha value is -0.0800. The summed E-state index contributed by atoms with van der Waals surface area (Å²) in [5, 5.41) is 0. The average Bonchev–Trinajstić information content (AvgIpc) is 2.03. The molecule has 0 amide bonds. The van der Waals surface area contributed by atoms with Crippen LogP contribution in [0.25, 0.3) is 0 Å². The van der Waals surface area contributed by atoms with E-state index in [9.17, 15) is 0 Å². The summed E-state index contributed by atoms with van der Waals surface area (Å²) in [7, 11) is 6.55. The molecule has 0 aromatic heterocycles. The maximum atomic E-state index is 2.44. The number of rotatable bonds is 3. The monoisotopic (exact) mass is 170 g/mol. The van der Waals surface area contributed by atoms with Crippen LogP contribution in [-0.2, 0) is 0 Å². The highest BCUT2D eigenvalue weighted by Gasteiger charge is 2.15. The van der Waals surface area contributed by atoms with E-state index in [0.717, 1.165) is 5.92 Å². The van der Waals surface area contributed by atoms with E-state index in [4.69, 9.17) is 0 Å². The summed E-state index contributed by atoms with van der Waals surface area (Å²) in [6.45, 7) is 3.87. The molecule has 0 aliphatic carbocycles. The molecular formula is C10H22N2. The third-order valence-electron chi connectivity index (χ3n) is 2.82. The zero-order valence-electron chi connectivity index (χ0n) is 8.71. The van der Waals surface area contributed by atoms with E-state index >= 15 is 0 Å². The molecule has 1 aliphatic rings. The van der Waals surface area contributed by atoms with Gasteiger partial charge >= 0.3 is 0 Å². The summed E-state index contributed by atoms with van der Waals surface area (Å²) in [6, 6.07) is 0. The molecule has 0 aromatic carbocycles. The van der Waals surface area contributed by atoms with Crippen molar-refractivity contribution >= 4 is 0 Å². The van der Waals surface area contributed by atoms with Crippen LogP contribution >= 0.6 is 0 Å². The van der Waals surface area contributed by atoms with Crippen molar-refractivity contribution in [3.8, 4) is 0 Å². The average molecular weight is 170 g/mol. The van der Waals surface area contributed by atoms with E-state index in [1.54, 1.807) is 0 Å². The summed E-state index contributed by atoms with van der Waals surface area (Å²) in [5.74, 6) is 0.989. The Kier molecular flexibility index (Phi) is 4.02. The lowest BCUT2D eigenvalue weighted by Gasteiger charge is -2.29. The van der Waals surface area contributed by atoms with Crippen LogP contribution in [0, 0.1) is 5.92 Å². The minimum Gasteiger partial charge on any atom is -0.309 e. The summed E-state index contributed by atoms with van der Waals surface area (Å²) in [6.07, 6.45) is 4.20. The van der Waals surface area contributed by atoms with Crippen molar-refractivity contribution < 1.29 is 0 Å². The van der Waals surface area contributed by atoms with Gasteiger partial charge in [-0.25, -0.2) is 0 Å². The first-order chi connectivity index (χ1) is 5.68. The summed E-state index contributed by atoms with van der Waals surface area (Å²) in [5.41, 5.74) is 0. The number of hydrogen-bond acceptors (Lipinski definition) is 2. The normalized spacial score (nSPS) is 22.0. The molecule has 0 unspecified atom stereocenters. The molecular weight excluding hydrogens is 148 g/mol. The molecule has 1 aliphatic heterocycles. The van der Waals surface area contributed by atoms with Gasteiger partial charge in [-0.2, -0.15) is 0 Å². The van der Waals surface area contributed by atoms with Gasteiger partial charge < -0.3 is 9.80 Å². The molecule has 12 heavy (non-hydrogen) atoms. The van der Waals surface area contributed by atoms with E-state index in [0.29, 0.717) is 0 Å². The highest BCUT2D eigenvalue weighted by Crippen LogP contribution is 2.19. The minimum atomic E-state index is 0.989. The van der Waals surface area contributed by atoms with Gasteiger partial charge in [-0.15, -0.1) is 0 Å².